The minimum Gasteiger partial charge on any atom is -0.355 e. The molecule has 1 fully saturated rings. The maximum absolute atomic E-state index is 12.5. The van der Waals surface area contributed by atoms with Crippen molar-refractivity contribution in [3.05, 3.63) is 65.7 Å². The molecule has 3 rings (SSSR count). The molecule has 3 amide bonds. The molecular formula is C20H21N3O3. The fourth-order valence-corrected chi connectivity index (χ4v) is 3.03. The third-order valence-corrected chi connectivity index (χ3v) is 4.42. The van der Waals surface area contributed by atoms with Gasteiger partial charge in [0, 0.05) is 37.8 Å². The van der Waals surface area contributed by atoms with Gasteiger partial charge in [0.15, 0.2) is 0 Å². The summed E-state index contributed by atoms with van der Waals surface area (Å²) in [6, 6.07) is 16.4. The van der Waals surface area contributed by atoms with E-state index in [1.807, 2.05) is 30.3 Å². The summed E-state index contributed by atoms with van der Waals surface area (Å²) in [7, 11) is 1.55. The fourth-order valence-electron chi connectivity index (χ4n) is 3.03. The molecule has 26 heavy (non-hydrogen) atoms. The van der Waals surface area contributed by atoms with E-state index in [-0.39, 0.29) is 24.1 Å². The highest BCUT2D eigenvalue weighted by molar-refractivity contribution is 5.99. The average molecular weight is 351 g/mol. The molecule has 0 saturated carbocycles. The Morgan fingerprint density at radius 2 is 1.88 bits per heavy atom. The summed E-state index contributed by atoms with van der Waals surface area (Å²) in [5.41, 5.74) is 2.06. The smallest absolute Gasteiger partial charge is 0.251 e. The van der Waals surface area contributed by atoms with Gasteiger partial charge in [0.05, 0.1) is 5.92 Å². The predicted molar refractivity (Wildman–Crippen MR) is 98.4 cm³/mol. The molecule has 2 N–H and O–H groups in total. The number of benzene rings is 2. The van der Waals surface area contributed by atoms with Gasteiger partial charge in [-0.05, 0) is 23.8 Å². The van der Waals surface area contributed by atoms with Crippen LogP contribution in [0.1, 0.15) is 22.3 Å². The van der Waals surface area contributed by atoms with E-state index in [4.69, 9.17) is 0 Å². The second kappa shape index (κ2) is 7.82. The minimum absolute atomic E-state index is 0.0203. The number of nitrogens with zero attached hydrogens (tertiary/aromatic N) is 1. The second-order valence-electron chi connectivity index (χ2n) is 6.31. The van der Waals surface area contributed by atoms with Crippen molar-refractivity contribution in [3.63, 3.8) is 0 Å². The molecule has 1 atom stereocenters. The quantitative estimate of drug-likeness (QED) is 0.865. The van der Waals surface area contributed by atoms with Gasteiger partial charge >= 0.3 is 0 Å². The van der Waals surface area contributed by atoms with Crippen molar-refractivity contribution < 1.29 is 14.4 Å². The number of hydrogen-bond donors (Lipinski definition) is 2. The van der Waals surface area contributed by atoms with Gasteiger partial charge in [-0.25, -0.2) is 0 Å². The Labute approximate surface area is 152 Å². The number of rotatable bonds is 5. The molecule has 1 aliphatic rings. The Kier molecular flexibility index (Phi) is 5.31. The maximum Gasteiger partial charge on any atom is 0.251 e. The maximum atomic E-state index is 12.5. The summed E-state index contributed by atoms with van der Waals surface area (Å²) >= 11 is 0. The van der Waals surface area contributed by atoms with Crippen molar-refractivity contribution >= 4 is 23.4 Å². The number of carbonyl (C=O) groups excluding carboxylic acids is 3. The summed E-state index contributed by atoms with van der Waals surface area (Å²) in [6.45, 7) is 0.907. The van der Waals surface area contributed by atoms with E-state index in [1.165, 1.54) is 0 Å². The summed E-state index contributed by atoms with van der Waals surface area (Å²) in [4.78, 5) is 38.1. The lowest BCUT2D eigenvalue weighted by Crippen LogP contribution is -2.28. The highest BCUT2D eigenvalue weighted by Gasteiger charge is 2.34. The lowest BCUT2D eigenvalue weighted by molar-refractivity contribution is -0.128. The molecule has 1 heterocycles. The van der Waals surface area contributed by atoms with Crippen LogP contribution in [0.5, 0.6) is 0 Å². The number of carbonyl (C=O) groups is 3. The Morgan fingerprint density at radius 3 is 2.62 bits per heavy atom. The third kappa shape index (κ3) is 4.08. The number of amides is 3. The van der Waals surface area contributed by atoms with Crippen molar-refractivity contribution in [2.24, 2.45) is 5.92 Å². The Morgan fingerprint density at radius 1 is 1.12 bits per heavy atom. The molecule has 1 saturated heterocycles. The van der Waals surface area contributed by atoms with Crippen LogP contribution in [0.25, 0.3) is 0 Å². The Bertz CT molecular complexity index is 820. The van der Waals surface area contributed by atoms with Crippen LogP contribution in [0.3, 0.4) is 0 Å². The van der Waals surface area contributed by atoms with Crippen LogP contribution >= 0.6 is 0 Å². The zero-order valence-electron chi connectivity index (χ0n) is 14.6. The van der Waals surface area contributed by atoms with Gasteiger partial charge in [-0.2, -0.15) is 0 Å². The highest BCUT2D eigenvalue weighted by atomic mass is 16.2. The summed E-state index contributed by atoms with van der Waals surface area (Å²) in [5, 5.41) is 5.36. The van der Waals surface area contributed by atoms with Gasteiger partial charge in [-0.3, -0.25) is 14.4 Å². The summed E-state index contributed by atoms with van der Waals surface area (Å²) < 4.78 is 0. The fraction of sp³-hybridized carbons (Fsp3) is 0.250. The zero-order valence-corrected chi connectivity index (χ0v) is 14.6. The molecule has 2 aromatic carbocycles. The lowest BCUT2D eigenvalue weighted by atomic mass is 10.1. The summed E-state index contributed by atoms with van der Waals surface area (Å²) in [5.74, 6) is -0.836. The first-order valence-electron chi connectivity index (χ1n) is 8.51. The molecule has 6 nitrogen and oxygen atoms in total. The lowest BCUT2D eigenvalue weighted by Gasteiger charge is -2.16. The predicted octanol–water partition coefficient (Wildman–Crippen LogP) is 2.03. The number of hydrogen-bond acceptors (Lipinski definition) is 3. The first kappa shape index (κ1) is 17.7. The minimum atomic E-state index is -0.394. The molecule has 0 bridgehead atoms. The van der Waals surface area contributed by atoms with Crippen LogP contribution in [0.15, 0.2) is 54.6 Å². The molecule has 0 aromatic heterocycles. The Balaban J connectivity index is 1.62. The van der Waals surface area contributed by atoms with Crippen LogP contribution in [0, 0.1) is 5.92 Å². The molecule has 0 aliphatic carbocycles. The normalized spacial score (nSPS) is 16.4. The van der Waals surface area contributed by atoms with Gasteiger partial charge < -0.3 is 15.5 Å². The standard InChI is InChI=1S/C20H21N3O3/c1-21-19(25)15-8-5-9-17(10-15)22-20(26)16-11-18(24)23(13-16)12-14-6-3-2-4-7-14/h2-10,16H,11-13H2,1H3,(H,21,25)(H,22,26)/t16-/m0/s1. The van der Waals surface area contributed by atoms with Gasteiger partial charge in [0.1, 0.15) is 0 Å². The second-order valence-corrected chi connectivity index (χ2v) is 6.31. The molecule has 0 unspecified atom stereocenters. The third-order valence-electron chi connectivity index (χ3n) is 4.42. The zero-order chi connectivity index (χ0) is 18.5. The summed E-state index contributed by atoms with van der Waals surface area (Å²) in [6.07, 6.45) is 0.202. The van der Waals surface area contributed by atoms with Crippen molar-refractivity contribution in [1.29, 1.82) is 0 Å². The van der Waals surface area contributed by atoms with Crippen LogP contribution in [0.2, 0.25) is 0 Å². The number of nitrogens with one attached hydrogen (secondary N) is 2. The average Bonchev–Trinajstić information content (AvgIpc) is 3.03. The van der Waals surface area contributed by atoms with Crippen molar-refractivity contribution in [2.75, 3.05) is 18.9 Å². The SMILES string of the molecule is CNC(=O)c1cccc(NC(=O)[C@H]2CC(=O)N(Cc3ccccc3)C2)c1. The van der Waals surface area contributed by atoms with Crippen molar-refractivity contribution in [1.82, 2.24) is 10.2 Å². The van der Waals surface area contributed by atoms with E-state index >= 15 is 0 Å². The van der Waals surface area contributed by atoms with E-state index in [0.29, 0.717) is 24.3 Å². The molecule has 0 radical (unpaired) electrons. The molecule has 0 spiro atoms. The molecule has 2 aromatic rings. The highest BCUT2D eigenvalue weighted by Crippen LogP contribution is 2.22. The first-order chi connectivity index (χ1) is 12.6. The van der Waals surface area contributed by atoms with Gasteiger partial charge in [-0.15, -0.1) is 0 Å². The first-order valence-corrected chi connectivity index (χ1v) is 8.51. The van der Waals surface area contributed by atoms with E-state index in [9.17, 15) is 14.4 Å². The van der Waals surface area contributed by atoms with Crippen molar-refractivity contribution in [3.8, 4) is 0 Å². The Hall–Kier alpha value is -3.15. The monoisotopic (exact) mass is 351 g/mol. The van der Waals surface area contributed by atoms with Crippen molar-refractivity contribution in [2.45, 2.75) is 13.0 Å². The molecule has 134 valence electrons. The molecular weight excluding hydrogens is 330 g/mol. The number of anilines is 1. The largest absolute Gasteiger partial charge is 0.355 e. The topological polar surface area (TPSA) is 78.5 Å². The number of likely N-dealkylation sites (tertiary alicyclic amines) is 1. The van der Waals surface area contributed by atoms with Gasteiger partial charge in [0.2, 0.25) is 11.8 Å². The van der Waals surface area contributed by atoms with Crippen LogP contribution in [-0.2, 0) is 16.1 Å². The van der Waals surface area contributed by atoms with Gasteiger partial charge in [0.25, 0.3) is 5.91 Å². The van der Waals surface area contributed by atoms with Gasteiger partial charge in [-0.1, -0.05) is 36.4 Å². The van der Waals surface area contributed by atoms with E-state index < -0.39 is 5.92 Å². The van der Waals surface area contributed by atoms with Crippen LogP contribution < -0.4 is 10.6 Å². The van der Waals surface area contributed by atoms with Crippen LogP contribution in [-0.4, -0.2) is 36.2 Å². The van der Waals surface area contributed by atoms with E-state index in [0.717, 1.165) is 5.56 Å². The van der Waals surface area contributed by atoms with E-state index in [2.05, 4.69) is 10.6 Å². The molecule has 1 aliphatic heterocycles. The molecule has 6 heteroatoms. The van der Waals surface area contributed by atoms with Crippen LogP contribution in [0.4, 0.5) is 5.69 Å². The van der Waals surface area contributed by atoms with E-state index in [1.54, 1.807) is 36.2 Å².